The van der Waals surface area contributed by atoms with Gasteiger partial charge in [-0.2, -0.15) is 0 Å². The van der Waals surface area contributed by atoms with Gasteiger partial charge in [0.25, 0.3) is 0 Å². The minimum atomic E-state index is -0.799. The summed E-state index contributed by atoms with van der Waals surface area (Å²) in [6.45, 7) is 1.85. The van der Waals surface area contributed by atoms with E-state index in [1.54, 1.807) is 12.3 Å². The molecule has 1 N–H and O–H groups in total. The number of pyridine rings is 1. The second-order valence-electron chi connectivity index (χ2n) is 3.63. The van der Waals surface area contributed by atoms with E-state index in [0.29, 0.717) is 16.2 Å². The van der Waals surface area contributed by atoms with E-state index in [0.717, 1.165) is 25.1 Å². The summed E-state index contributed by atoms with van der Waals surface area (Å²) in [5.41, 5.74) is 0.990. The Hall–Kier alpha value is -0.450. The number of nitrogens with one attached hydrogen (secondary N) is 1. The molecule has 15 heavy (non-hydrogen) atoms. The van der Waals surface area contributed by atoms with Crippen LogP contribution in [0.1, 0.15) is 12.0 Å². The molecule has 0 spiro atoms. The van der Waals surface area contributed by atoms with Crippen LogP contribution in [-0.4, -0.2) is 27.5 Å². The quantitative estimate of drug-likeness (QED) is 0.817. The van der Waals surface area contributed by atoms with Crippen molar-refractivity contribution < 1.29 is 4.21 Å². The molecule has 3 nitrogen and oxygen atoms in total. The molecule has 2 atom stereocenters. The highest BCUT2D eigenvalue weighted by Gasteiger charge is 2.20. The van der Waals surface area contributed by atoms with Crippen molar-refractivity contribution in [3.05, 3.63) is 29.0 Å². The second-order valence-corrected chi connectivity index (χ2v) is 5.73. The molecule has 1 aliphatic heterocycles. The van der Waals surface area contributed by atoms with E-state index in [2.05, 4.69) is 10.3 Å². The van der Waals surface area contributed by atoms with Crippen molar-refractivity contribution >= 4 is 22.4 Å². The van der Waals surface area contributed by atoms with E-state index in [9.17, 15) is 4.21 Å². The summed E-state index contributed by atoms with van der Waals surface area (Å²) in [7, 11) is -0.799. The molecule has 0 bridgehead atoms. The highest BCUT2D eigenvalue weighted by molar-refractivity contribution is 7.84. The summed E-state index contributed by atoms with van der Waals surface area (Å²) in [5.74, 6) is 0.580. The van der Waals surface area contributed by atoms with Gasteiger partial charge in [-0.3, -0.25) is 4.21 Å². The first-order valence-electron chi connectivity index (χ1n) is 4.94. The monoisotopic (exact) mass is 244 g/mol. The summed E-state index contributed by atoms with van der Waals surface area (Å²) in [4.78, 5) is 3.97. The average molecular weight is 245 g/mol. The lowest BCUT2D eigenvalue weighted by Gasteiger charge is -2.07. The van der Waals surface area contributed by atoms with Crippen LogP contribution in [0.25, 0.3) is 0 Å². The maximum atomic E-state index is 11.9. The number of hydrogen-bond acceptors (Lipinski definition) is 3. The van der Waals surface area contributed by atoms with Gasteiger partial charge in [0.1, 0.15) is 5.15 Å². The van der Waals surface area contributed by atoms with Crippen LogP contribution in [0.15, 0.2) is 18.3 Å². The standard InChI is InChI=1S/C10H13ClN2OS/c11-10-2-1-8(5-13-10)7-15(14)9-3-4-12-6-9/h1-2,5,9,12H,3-4,6-7H2/t9-,15+/m0/s1. The number of hydrogen-bond donors (Lipinski definition) is 1. The molecule has 0 aromatic carbocycles. The predicted octanol–water partition coefficient (Wildman–Crippen LogP) is 1.35. The third-order valence-electron chi connectivity index (χ3n) is 2.48. The molecule has 0 aliphatic carbocycles. The van der Waals surface area contributed by atoms with Gasteiger partial charge in [0, 0.05) is 28.8 Å². The van der Waals surface area contributed by atoms with Crippen molar-refractivity contribution in [1.29, 1.82) is 0 Å². The van der Waals surface area contributed by atoms with Crippen LogP contribution in [0.5, 0.6) is 0 Å². The zero-order chi connectivity index (χ0) is 10.7. The Morgan fingerprint density at radius 2 is 2.47 bits per heavy atom. The van der Waals surface area contributed by atoms with Gasteiger partial charge in [-0.15, -0.1) is 0 Å². The summed E-state index contributed by atoms with van der Waals surface area (Å²) in [6.07, 6.45) is 2.70. The Balaban J connectivity index is 1.96. The number of aromatic nitrogens is 1. The zero-order valence-corrected chi connectivity index (χ0v) is 9.85. The Bertz CT molecular complexity index is 349. The SMILES string of the molecule is O=[S@](Cc1ccc(Cl)nc1)[C@H]1CCNC1. The van der Waals surface area contributed by atoms with Crippen molar-refractivity contribution in [3.8, 4) is 0 Å². The highest BCUT2D eigenvalue weighted by Crippen LogP contribution is 2.13. The van der Waals surface area contributed by atoms with Gasteiger partial charge in [-0.1, -0.05) is 17.7 Å². The molecule has 1 saturated heterocycles. The summed E-state index contributed by atoms with van der Waals surface area (Å²) in [6, 6.07) is 3.62. The molecule has 1 fully saturated rings. The van der Waals surface area contributed by atoms with Gasteiger partial charge < -0.3 is 5.32 Å². The van der Waals surface area contributed by atoms with Crippen LogP contribution in [0, 0.1) is 0 Å². The molecule has 1 aromatic rings. The largest absolute Gasteiger partial charge is 0.315 e. The van der Waals surface area contributed by atoms with E-state index in [1.165, 1.54) is 0 Å². The molecule has 82 valence electrons. The van der Waals surface area contributed by atoms with Crippen molar-refractivity contribution in [2.75, 3.05) is 13.1 Å². The Labute approximate surface area is 96.7 Å². The molecule has 1 aliphatic rings. The van der Waals surface area contributed by atoms with Crippen LogP contribution >= 0.6 is 11.6 Å². The minimum Gasteiger partial charge on any atom is -0.315 e. The Morgan fingerprint density at radius 1 is 1.60 bits per heavy atom. The van der Waals surface area contributed by atoms with Crippen molar-refractivity contribution in [1.82, 2.24) is 10.3 Å². The van der Waals surface area contributed by atoms with E-state index in [1.807, 2.05) is 6.07 Å². The first kappa shape index (κ1) is 11.0. The van der Waals surface area contributed by atoms with Crippen molar-refractivity contribution in [2.45, 2.75) is 17.4 Å². The fourth-order valence-electron chi connectivity index (χ4n) is 1.63. The number of halogens is 1. The fourth-order valence-corrected chi connectivity index (χ4v) is 3.16. The number of rotatable bonds is 3. The molecule has 2 rings (SSSR count). The van der Waals surface area contributed by atoms with Gasteiger partial charge >= 0.3 is 0 Å². The van der Waals surface area contributed by atoms with Crippen LogP contribution in [0.2, 0.25) is 5.15 Å². The van der Waals surface area contributed by atoms with Crippen LogP contribution in [0.4, 0.5) is 0 Å². The average Bonchev–Trinajstić information content (AvgIpc) is 2.74. The Kier molecular flexibility index (Phi) is 3.72. The molecule has 0 radical (unpaired) electrons. The lowest BCUT2D eigenvalue weighted by molar-refractivity contribution is 0.672. The maximum absolute atomic E-state index is 11.9. The van der Waals surface area contributed by atoms with Gasteiger partial charge in [-0.25, -0.2) is 4.98 Å². The van der Waals surface area contributed by atoms with Gasteiger partial charge in [0.2, 0.25) is 0 Å². The van der Waals surface area contributed by atoms with Crippen LogP contribution < -0.4 is 5.32 Å². The first-order chi connectivity index (χ1) is 7.25. The van der Waals surface area contributed by atoms with E-state index >= 15 is 0 Å². The molecular formula is C10H13ClN2OS. The van der Waals surface area contributed by atoms with E-state index in [-0.39, 0.29) is 0 Å². The van der Waals surface area contributed by atoms with Crippen molar-refractivity contribution in [3.63, 3.8) is 0 Å². The van der Waals surface area contributed by atoms with Crippen molar-refractivity contribution in [2.24, 2.45) is 0 Å². The molecule has 0 saturated carbocycles. The molecule has 1 aromatic heterocycles. The minimum absolute atomic E-state index is 0.292. The van der Waals surface area contributed by atoms with Crippen LogP contribution in [-0.2, 0) is 16.6 Å². The lowest BCUT2D eigenvalue weighted by Crippen LogP contribution is -2.19. The molecule has 5 heteroatoms. The zero-order valence-electron chi connectivity index (χ0n) is 8.28. The molecular weight excluding hydrogens is 232 g/mol. The smallest absolute Gasteiger partial charge is 0.129 e. The summed E-state index contributed by atoms with van der Waals surface area (Å²) in [5, 5.41) is 3.99. The first-order valence-corrected chi connectivity index (χ1v) is 6.70. The maximum Gasteiger partial charge on any atom is 0.129 e. The van der Waals surface area contributed by atoms with E-state index in [4.69, 9.17) is 11.6 Å². The normalized spacial score (nSPS) is 22.9. The lowest BCUT2D eigenvalue weighted by atomic mass is 10.3. The molecule has 2 heterocycles. The van der Waals surface area contributed by atoms with Gasteiger partial charge in [0.15, 0.2) is 0 Å². The van der Waals surface area contributed by atoms with Gasteiger partial charge in [-0.05, 0) is 24.6 Å². The fraction of sp³-hybridized carbons (Fsp3) is 0.500. The third-order valence-corrected chi connectivity index (χ3v) is 4.47. The third kappa shape index (κ3) is 3.00. The van der Waals surface area contributed by atoms with Gasteiger partial charge in [0.05, 0.1) is 5.75 Å². The molecule has 0 amide bonds. The van der Waals surface area contributed by atoms with E-state index < -0.39 is 10.8 Å². The Morgan fingerprint density at radius 3 is 3.07 bits per heavy atom. The topological polar surface area (TPSA) is 42.0 Å². The highest BCUT2D eigenvalue weighted by atomic mass is 35.5. The summed E-state index contributed by atoms with van der Waals surface area (Å²) >= 11 is 5.68. The molecule has 0 unspecified atom stereocenters. The second kappa shape index (κ2) is 5.05. The van der Waals surface area contributed by atoms with Crippen LogP contribution in [0.3, 0.4) is 0 Å². The predicted molar refractivity (Wildman–Crippen MR) is 62.4 cm³/mol. The summed E-state index contributed by atoms with van der Waals surface area (Å²) < 4.78 is 11.9. The number of nitrogens with zero attached hydrogens (tertiary/aromatic N) is 1.